The van der Waals surface area contributed by atoms with Crippen LogP contribution in [0.4, 0.5) is 0 Å². The second kappa shape index (κ2) is 8.09. The van der Waals surface area contributed by atoms with Gasteiger partial charge in [0.15, 0.2) is 0 Å². The van der Waals surface area contributed by atoms with Gasteiger partial charge in [-0.1, -0.05) is 51.3 Å². The number of hydrogen-bond donors (Lipinski definition) is 0. The summed E-state index contributed by atoms with van der Waals surface area (Å²) in [5.74, 6) is 0. The van der Waals surface area contributed by atoms with Crippen molar-refractivity contribution in [2.24, 2.45) is 4.99 Å². The Bertz CT molecular complexity index is 295. The third-order valence-corrected chi connectivity index (χ3v) is 2.87. The monoisotopic (exact) mass is 217 g/mol. The number of allylic oxidation sites excluding steroid dienone is 4. The summed E-state index contributed by atoms with van der Waals surface area (Å²) in [4.78, 5) is 4.24. The van der Waals surface area contributed by atoms with Crippen molar-refractivity contribution in [3.63, 3.8) is 0 Å². The minimum absolute atomic E-state index is 0.777. The van der Waals surface area contributed by atoms with Crippen molar-refractivity contribution >= 4 is 6.21 Å². The molecule has 0 radical (unpaired) electrons. The summed E-state index contributed by atoms with van der Waals surface area (Å²) >= 11 is 0. The molecule has 1 rings (SSSR count). The quantitative estimate of drug-likeness (QED) is 0.582. The highest BCUT2D eigenvalue weighted by Gasteiger charge is 2.00. The third-order valence-electron chi connectivity index (χ3n) is 2.87. The Balaban J connectivity index is 2.33. The Labute approximate surface area is 99.7 Å². The van der Waals surface area contributed by atoms with Crippen LogP contribution in [0.15, 0.2) is 40.9 Å². The van der Waals surface area contributed by atoms with Crippen molar-refractivity contribution < 1.29 is 0 Å². The van der Waals surface area contributed by atoms with Gasteiger partial charge < -0.3 is 0 Å². The van der Waals surface area contributed by atoms with Crippen LogP contribution in [0, 0.1) is 0 Å². The summed E-state index contributed by atoms with van der Waals surface area (Å²) in [6.45, 7) is 7.12. The normalized spacial score (nSPS) is 23.1. The smallest absolute Gasteiger partial charge is 0.0573 e. The van der Waals surface area contributed by atoms with Crippen LogP contribution in [0.2, 0.25) is 0 Å². The molecule has 0 aliphatic carbocycles. The van der Waals surface area contributed by atoms with E-state index in [0.717, 1.165) is 18.5 Å². The highest BCUT2D eigenvalue weighted by atomic mass is 14.7. The van der Waals surface area contributed by atoms with Crippen LogP contribution in [0.1, 0.15) is 45.4 Å². The highest BCUT2D eigenvalue weighted by molar-refractivity contribution is 5.74. The van der Waals surface area contributed by atoms with E-state index in [1.54, 1.807) is 0 Å². The summed E-state index contributed by atoms with van der Waals surface area (Å²) in [6.07, 6.45) is 16.0. The van der Waals surface area contributed by atoms with Gasteiger partial charge in [-0.3, -0.25) is 4.99 Å². The Hall–Kier alpha value is -1.11. The summed E-state index contributed by atoms with van der Waals surface area (Å²) in [5, 5.41) is 0. The lowest BCUT2D eigenvalue weighted by atomic mass is 9.99. The predicted octanol–water partition coefficient (Wildman–Crippen LogP) is 4.47. The van der Waals surface area contributed by atoms with Gasteiger partial charge in [0.1, 0.15) is 0 Å². The van der Waals surface area contributed by atoms with E-state index in [9.17, 15) is 0 Å². The van der Waals surface area contributed by atoms with E-state index in [-0.39, 0.29) is 0 Å². The number of rotatable bonds is 6. The van der Waals surface area contributed by atoms with Crippen LogP contribution in [-0.4, -0.2) is 12.8 Å². The van der Waals surface area contributed by atoms with Crippen LogP contribution in [0.3, 0.4) is 0 Å². The number of hydrogen-bond acceptors (Lipinski definition) is 1. The molecule has 1 nitrogen and oxygen atoms in total. The molecule has 0 spiro atoms. The molecule has 16 heavy (non-hydrogen) atoms. The number of aliphatic imine (C=N–C) groups is 1. The fourth-order valence-corrected chi connectivity index (χ4v) is 1.84. The first-order chi connectivity index (χ1) is 7.84. The van der Waals surface area contributed by atoms with Gasteiger partial charge in [-0.25, -0.2) is 0 Å². The van der Waals surface area contributed by atoms with E-state index in [1.165, 1.54) is 37.7 Å². The maximum atomic E-state index is 4.24. The average Bonchev–Trinajstić information content (AvgIpc) is 2.27. The predicted molar refractivity (Wildman–Crippen MR) is 73.1 cm³/mol. The first-order valence-electron chi connectivity index (χ1n) is 6.39. The molecule has 0 N–H and O–H groups in total. The molecule has 0 unspecified atom stereocenters. The maximum absolute atomic E-state index is 4.24. The molecule has 1 aliphatic heterocycles. The van der Waals surface area contributed by atoms with Crippen LogP contribution in [0.25, 0.3) is 0 Å². The van der Waals surface area contributed by atoms with E-state index >= 15 is 0 Å². The highest BCUT2D eigenvalue weighted by Crippen LogP contribution is 2.18. The Morgan fingerprint density at radius 1 is 1.25 bits per heavy atom. The second-order valence-electron chi connectivity index (χ2n) is 4.30. The van der Waals surface area contributed by atoms with Crippen molar-refractivity contribution in [1.29, 1.82) is 0 Å². The van der Waals surface area contributed by atoms with Crippen molar-refractivity contribution in [2.75, 3.05) is 6.54 Å². The third kappa shape index (κ3) is 5.11. The Morgan fingerprint density at radius 3 is 2.88 bits per heavy atom. The first kappa shape index (κ1) is 13.0. The standard InChI is InChI=1S/C15H23N/c1-3-4-5-6-7-10-15-11-13-16-12-8-9-14(15)2/h8-9,11,13H,2-7,10,12H2,1H3/b9-8-,15-11-,16-13-. The molecule has 1 heteroatoms. The van der Waals surface area contributed by atoms with Gasteiger partial charge in [0, 0.05) is 6.21 Å². The van der Waals surface area contributed by atoms with Crippen LogP contribution in [0.5, 0.6) is 0 Å². The van der Waals surface area contributed by atoms with E-state index in [1.807, 2.05) is 6.21 Å². The van der Waals surface area contributed by atoms with Crippen molar-refractivity contribution in [1.82, 2.24) is 0 Å². The van der Waals surface area contributed by atoms with E-state index in [4.69, 9.17) is 0 Å². The summed E-state index contributed by atoms with van der Waals surface area (Å²) in [7, 11) is 0. The van der Waals surface area contributed by atoms with Gasteiger partial charge >= 0.3 is 0 Å². The molecule has 0 amide bonds. The van der Waals surface area contributed by atoms with E-state index in [0.29, 0.717) is 0 Å². The molecule has 0 fully saturated rings. The van der Waals surface area contributed by atoms with Gasteiger partial charge in [-0.15, -0.1) is 0 Å². The Kier molecular flexibility index (Phi) is 6.55. The van der Waals surface area contributed by atoms with Crippen molar-refractivity contribution in [3.8, 4) is 0 Å². The minimum Gasteiger partial charge on any atom is -0.289 e. The maximum Gasteiger partial charge on any atom is 0.0573 e. The second-order valence-corrected chi connectivity index (χ2v) is 4.30. The van der Waals surface area contributed by atoms with Gasteiger partial charge in [0.2, 0.25) is 0 Å². The van der Waals surface area contributed by atoms with Crippen LogP contribution < -0.4 is 0 Å². The van der Waals surface area contributed by atoms with Crippen molar-refractivity contribution in [3.05, 3.63) is 36.0 Å². The van der Waals surface area contributed by atoms with E-state index in [2.05, 4.69) is 36.7 Å². The zero-order valence-corrected chi connectivity index (χ0v) is 10.4. The lowest BCUT2D eigenvalue weighted by Crippen LogP contribution is -1.91. The largest absolute Gasteiger partial charge is 0.289 e. The molecule has 0 saturated carbocycles. The van der Waals surface area contributed by atoms with Gasteiger partial charge in [0.05, 0.1) is 6.54 Å². The molecule has 0 bridgehead atoms. The lowest BCUT2D eigenvalue weighted by molar-refractivity contribution is 0.632. The van der Waals surface area contributed by atoms with E-state index < -0.39 is 0 Å². The zero-order valence-electron chi connectivity index (χ0n) is 10.4. The van der Waals surface area contributed by atoms with Crippen LogP contribution >= 0.6 is 0 Å². The SMILES string of the molecule is C=C1/C=C\C/N=C\C=C/1CCCCCCC. The molecule has 1 heterocycles. The van der Waals surface area contributed by atoms with Crippen molar-refractivity contribution in [2.45, 2.75) is 45.4 Å². The lowest BCUT2D eigenvalue weighted by Gasteiger charge is -2.08. The molecule has 0 atom stereocenters. The van der Waals surface area contributed by atoms with Gasteiger partial charge in [-0.2, -0.15) is 0 Å². The summed E-state index contributed by atoms with van der Waals surface area (Å²) in [5.41, 5.74) is 2.50. The molecule has 0 saturated heterocycles. The number of nitrogens with zero attached hydrogens (tertiary/aromatic N) is 1. The Morgan fingerprint density at radius 2 is 2.06 bits per heavy atom. The van der Waals surface area contributed by atoms with Crippen LogP contribution in [-0.2, 0) is 0 Å². The first-order valence-corrected chi connectivity index (χ1v) is 6.39. The molecular weight excluding hydrogens is 194 g/mol. The molecule has 0 aromatic carbocycles. The zero-order chi connectivity index (χ0) is 11.6. The fraction of sp³-hybridized carbons (Fsp3) is 0.533. The topological polar surface area (TPSA) is 12.4 Å². The molecule has 0 aromatic heterocycles. The molecule has 0 aromatic rings. The summed E-state index contributed by atoms with van der Waals surface area (Å²) in [6, 6.07) is 0. The molecular formula is C15H23N. The molecule has 1 aliphatic rings. The van der Waals surface area contributed by atoms with Gasteiger partial charge in [0.25, 0.3) is 0 Å². The van der Waals surface area contributed by atoms with Gasteiger partial charge in [-0.05, 0) is 30.1 Å². The summed E-state index contributed by atoms with van der Waals surface area (Å²) < 4.78 is 0. The average molecular weight is 217 g/mol. The molecule has 88 valence electrons. The fourth-order valence-electron chi connectivity index (χ4n) is 1.84. The minimum atomic E-state index is 0.777. The number of unbranched alkanes of at least 4 members (excludes halogenated alkanes) is 4.